The van der Waals surface area contributed by atoms with Crippen LogP contribution in [0.4, 0.5) is 0 Å². The van der Waals surface area contributed by atoms with Gasteiger partial charge in [-0.25, -0.2) is 0 Å². The summed E-state index contributed by atoms with van der Waals surface area (Å²) in [7, 11) is 2.00. The van der Waals surface area contributed by atoms with Crippen LogP contribution < -0.4 is 5.32 Å². The van der Waals surface area contributed by atoms with Gasteiger partial charge in [0.25, 0.3) is 0 Å². The van der Waals surface area contributed by atoms with Gasteiger partial charge >= 0.3 is 0 Å². The molecule has 0 aliphatic rings. The van der Waals surface area contributed by atoms with E-state index in [1.54, 1.807) is 0 Å². The number of nitrogens with zero attached hydrogens (tertiary/aromatic N) is 2. The molecule has 92 valence electrons. The van der Waals surface area contributed by atoms with Crippen molar-refractivity contribution in [2.24, 2.45) is 7.05 Å². The molecule has 0 saturated heterocycles. The fraction of sp³-hybridized carbons (Fsp3) is 0.750. The highest BCUT2D eigenvalue weighted by Gasteiger charge is 2.00. The average Bonchev–Trinajstić information content (AvgIpc) is 2.56. The molecular formula is C12H22BrN3. The predicted octanol–water partition coefficient (Wildman–Crippen LogP) is 2.77. The highest BCUT2D eigenvalue weighted by atomic mass is 79.9. The lowest BCUT2D eigenvalue weighted by molar-refractivity contribution is 0.578. The van der Waals surface area contributed by atoms with Gasteiger partial charge in [0, 0.05) is 18.9 Å². The molecule has 0 amide bonds. The van der Waals surface area contributed by atoms with Crippen molar-refractivity contribution in [2.75, 3.05) is 11.9 Å². The van der Waals surface area contributed by atoms with E-state index in [2.05, 4.69) is 32.4 Å². The summed E-state index contributed by atoms with van der Waals surface area (Å²) in [6.45, 7) is 4.06. The van der Waals surface area contributed by atoms with Crippen LogP contribution in [-0.4, -0.2) is 21.7 Å². The standard InChI is InChI=1S/C12H22BrN3/c1-11-9-12(16(2)15-11)10-14-8-6-4-3-5-7-13/h9,14H,3-8,10H2,1-2H3. The molecule has 1 heterocycles. The van der Waals surface area contributed by atoms with Gasteiger partial charge in [0.15, 0.2) is 0 Å². The Bertz CT molecular complexity index is 296. The third kappa shape index (κ3) is 5.12. The summed E-state index contributed by atoms with van der Waals surface area (Å²) in [6, 6.07) is 2.14. The van der Waals surface area contributed by atoms with Gasteiger partial charge in [0.2, 0.25) is 0 Å². The molecule has 1 aromatic heterocycles. The number of hydrogen-bond donors (Lipinski definition) is 1. The summed E-state index contributed by atoms with van der Waals surface area (Å²) in [6.07, 6.45) is 5.21. The summed E-state index contributed by atoms with van der Waals surface area (Å²) >= 11 is 3.45. The fourth-order valence-corrected chi connectivity index (χ4v) is 2.14. The number of hydrogen-bond acceptors (Lipinski definition) is 2. The van der Waals surface area contributed by atoms with Crippen LogP contribution in [0.2, 0.25) is 0 Å². The SMILES string of the molecule is Cc1cc(CNCCCCCCBr)n(C)n1. The Kier molecular flexibility index (Phi) is 6.73. The van der Waals surface area contributed by atoms with Gasteiger partial charge in [0.1, 0.15) is 0 Å². The second kappa shape index (κ2) is 7.85. The Hall–Kier alpha value is -0.350. The van der Waals surface area contributed by atoms with E-state index < -0.39 is 0 Å². The molecule has 0 aliphatic heterocycles. The van der Waals surface area contributed by atoms with Gasteiger partial charge in [-0.2, -0.15) is 5.10 Å². The molecular weight excluding hydrogens is 266 g/mol. The molecule has 0 atom stereocenters. The highest BCUT2D eigenvalue weighted by molar-refractivity contribution is 9.09. The van der Waals surface area contributed by atoms with Gasteiger partial charge in [-0.3, -0.25) is 4.68 Å². The molecule has 3 nitrogen and oxygen atoms in total. The van der Waals surface area contributed by atoms with Crippen molar-refractivity contribution in [3.05, 3.63) is 17.5 Å². The Morgan fingerprint density at radius 1 is 1.31 bits per heavy atom. The molecule has 0 radical (unpaired) electrons. The van der Waals surface area contributed by atoms with E-state index in [0.717, 1.165) is 24.1 Å². The second-order valence-corrected chi connectivity index (χ2v) is 4.97. The van der Waals surface area contributed by atoms with Crippen molar-refractivity contribution in [1.82, 2.24) is 15.1 Å². The third-order valence-corrected chi connectivity index (χ3v) is 3.20. The quantitative estimate of drug-likeness (QED) is 0.589. The van der Waals surface area contributed by atoms with Crippen LogP contribution in [0.3, 0.4) is 0 Å². The van der Waals surface area contributed by atoms with Gasteiger partial charge in [-0.1, -0.05) is 28.8 Å². The van der Waals surface area contributed by atoms with Crippen LogP contribution in [0.5, 0.6) is 0 Å². The van der Waals surface area contributed by atoms with Gasteiger partial charge in [0.05, 0.1) is 11.4 Å². The van der Waals surface area contributed by atoms with E-state index in [1.807, 2.05) is 18.7 Å². The van der Waals surface area contributed by atoms with Gasteiger partial charge in [-0.15, -0.1) is 0 Å². The molecule has 4 heteroatoms. The number of halogens is 1. The molecule has 0 spiro atoms. The normalized spacial score (nSPS) is 10.9. The largest absolute Gasteiger partial charge is 0.311 e. The molecule has 0 saturated carbocycles. The van der Waals surface area contributed by atoms with E-state index in [4.69, 9.17) is 0 Å². The Balaban J connectivity index is 2.05. The molecule has 0 bridgehead atoms. The van der Waals surface area contributed by atoms with E-state index in [0.29, 0.717) is 0 Å². The highest BCUT2D eigenvalue weighted by Crippen LogP contribution is 2.03. The van der Waals surface area contributed by atoms with Crippen LogP contribution in [0, 0.1) is 6.92 Å². The maximum atomic E-state index is 4.32. The fourth-order valence-electron chi connectivity index (χ4n) is 1.74. The number of alkyl halides is 1. The Morgan fingerprint density at radius 3 is 2.69 bits per heavy atom. The van der Waals surface area contributed by atoms with Crippen LogP contribution in [0.15, 0.2) is 6.07 Å². The first kappa shape index (κ1) is 13.7. The van der Waals surface area contributed by atoms with Crippen LogP contribution in [0.1, 0.15) is 37.1 Å². The number of aryl methyl sites for hydroxylation is 2. The Morgan fingerprint density at radius 2 is 2.06 bits per heavy atom. The van der Waals surface area contributed by atoms with E-state index in [1.165, 1.54) is 31.4 Å². The van der Waals surface area contributed by atoms with E-state index in [-0.39, 0.29) is 0 Å². The zero-order chi connectivity index (χ0) is 11.8. The maximum absolute atomic E-state index is 4.32. The first-order valence-electron chi connectivity index (χ1n) is 6.00. The minimum atomic E-state index is 0.926. The van der Waals surface area contributed by atoms with Crippen molar-refractivity contribution in [1.29, 1.82) is 0 Å². The summed E-state index contributed by atoms with van der Waals surface area (Å²) in [5.41, 5.74) is 2.36. The lowest BCUT2D eigenvalue weighted by Crippen LogP contribution is -2.16. The van der Waals surface area contributed by atoms with Crippen LogP contribution >= 0.6 is 15.9 Å². The lowest BCUT2D eigenvalue weighted by Gasteiger charge is -2.04. The molecule has 0 fully saturated rings. The van der Waals surface area contributed by atoms with E-state index >= 15 is 0 Å². The smallest absolute Gasteiger partial charge is 0.0597 e. The van der Waals surface area contributed by atoms with Crippen molar-refractivity contribution >= 4 is 15.9 Å². The molecule has 0 aromatic carbocycles. The summed E-state index contributed by atoms with van der Waals surface area (Å²) < 4.78 is 1.95. The zero-order valence-electron chi connectivity index (χ0n) is 10.3. The molecule has 1 N–H and O–H groups in total. The first-order valence-corrected chi connectivity index (χ1v) is 7.12. The number of aromatic nitrogens is 2. The molecule has 1 aromatic rings. The number of nitrogens with one attached hydrogen (secondary N) is 1. The van der Waals surface area contributed by atoms with Gasteiger partial charge in [-0.05, 0) is 32.4 Å². The maximum Gasteiger partial charge on any atom is 0.0597 e. The lowest BCUT2D eigenvalue weighted by atomic mass is 10.2. The molecule has 16 heavy (non-hydrogen) atoms. The van der Waals surface area contributed by atoms with Crippen molar-refractivity contribution in [3.63, 3.8) is 0 Å². The summed E-state index contributed by atoms with van der Waals surface area (Å²) in [5.74, 6) is 0. The van der Waals surface area contributed by atoms with Crippen molar-refractivity contribution in [3.8, 4) is 0 Å². The summed E-state index contributed by atoms with van der Waals surface area (Å²) in [5, 5.41) is 8.92. The number of rotatable bonds is 8. The third-order valence-electron chi connectivity index (χ3n) is 2.64. The molecule has 0 unspecified atom stereocenters. The minimum Gasteiger partial charge on any atom is -0.311 e. The van der Waals surface area contributed by atoms with Crippen LogP contribution in [0.25, 0.3) is 0 Å². The van der Waals surface area contributed by atoms with Crippen LogP contribution in [-0.2, 0) is 13.6 Å². The summed E-state index contributed by atoms with van der Waals surface area (Å²) in [4.78, 5) is 0. The molecule has 1 rings (SSSR count). The zero-order valence-corrected chi connectivity index (χ0v) is 11.9. The number of unbranched alkanes of at least 4 members (excludes halogenated alkanes) is 3. The topological polar surface area (TPSA) is 29.9 Å². The second-order valence-electron chi connectivity index (χ2n) is 4.18. The van der Waals surface area contributed by atoms with Crippen molar-refractivity contribution in [2.45, 2.75) is 39.2 Å². The minimum absolute atomic E-state index is 0.926. The molecule has 0 aliphatic carbocycles. The average molecular weight is 288 g/mol. The first-order chi connectivity index (χ1) is 7.74. The van der Waals surface area contributed by atoms with Gasteiger partial charge < -0.3 is 5.32 Å². The monoisotopic (exact) mass is 287 g/mol. The Labute approximate surface area is 107 Å². The van der Waals surface area contributed by atoms with Crippen molar-refractivity contribution < 1.29 is 0 Å². The predicted molar refractivity (Wildman–Crippen MR) is 71.9 cm³/mol. The van der Waals surface area contributed by atoms with E-state index in [9.17, 15) is 0 Å².